The summed E-state index contributed by atoms with van der Waals surface area (Å²) in [6.45, 7) is 4.47. The van der Waals surface area contributed by atoms with Crippen LogP contribution in [0, 0.1) is 0 Å². The summed E-state index contributed by atoms with van der Waals surface area (Å²) in [5, 5.41) is 11.6. The van der Waals surface area contributed by atoms with Crippen LogP contribution in [-0.4, -0.2) is 75.5 Å². The van der Waals surface area contributed by atoms with Crippen molar-refractivity contribution < 1.29 is 38.2 Å². The number of ether oxygens (including phenoxy) is 3. The minimum absolute atomic E-state index is 0.0160. The first-order chi connectivity index (χ1) is 28.6. The average molecular weight is 824 g/mol. The first kappa shape index (κ1) is 55.5. The number of aliphatic carboxylic acids is 1. The fourth-order valence-electron chi connectivity index (χ4n) is 6.18. The first-order valence-electron chi connectivity index (χ1n) is 23.1. The quantitative estimate of drug-likeness (QED) is 0.0262. The monoisotopic (exact) mass is 824 g/mol. The molecule has 0 N–H and O–H groups in total. The summed E-state index contributed by atoms with van der Waals surface area (Å²) < 4.78 is 17.1. The van der Waals surface area contributed by atoms with E-state index in [2.05, 4.69) is 98.9 Å². The Morgan fingerprint density at radius 2 is 0.949 bits per heavy atom. The predicted molar refractivity (Wildman–Crippen MR) is 245 cm³/mol. The van der Waals surface area contributed by atoms with E-state index < -0.39 is 18.1 Å². The number of likely N-dealkylation sites (N-methyl/N-ethyl adjacent to an activating group) is 1. The Morgan fingerprint density at radius 3 is 1.46 bits per heavy atom. The maximum absolute atomic E-state index is 12.7. The zero-order valence-corrected chi connectivity index (χ0v) is 38.1. The van der Waals surface area contributed by atoms with Crippen LogP contribution >= 0.6 is 0 Å². The van der Waals surface area contributed by atoms with E-state index in [0.717, 1.165) is 83.5 Å². The van der Waals surface area contributed by atoms with Gasteiger partial charge < -0.3 is 28.6 Å². The summed E-state index contributed by atoms with van der Waals surface area (Å²) in [7, 11) is 5.38. The van der Waals surface area contributed by atoms with Gasteiger partial charge in [0.15, 0.2) is 6.10 Å². The van der Waals surface area contributed by atoms with Crippen LogP contribution in [0.25, 0.3) is 0 Å². The third-order valence-corrected chi connectivity index (χ3v) is 9.77. The molecule has 0 bridgehead atoms. The zero-order valence-electron chi connectivity index (χ0n) is 38.1. The highest BCUT2D eigenvalue weighted by atomic mass is 16.6. The van der Waals surface area contributed by atoms with Crippen molar-refractivity contribution in [3.8, 4) is 0 Å². The van der Waals surface area contributed by atoms with Crippen LogP contribution in [0.15, 0.2) is 85.1 Å². The Morgan fingerprint density at radius 1 is 0.525 bits per heavy atom. The molecule has 59 heavy (non-hydrogen) atoms. The van der Waals surface area contributed by atoms with Crippen molar-refractivity contribution in [2.75, 3.05) is 41.0 Å². The molecule has 0 aromatic heterocycles. The molecule has 0 aliphatic rings. The van der Waals surface area contributed by atoms with Gasteiger partial charge >= 0.3 is 11.9 Å². The number of carboxylic acids is 1. The van der Waals surface area contributed by atoms with Crippen LogP contribution in [0.3, 0.4) is 0 Å². The van der Waals surface area contributed by atoms with Gasteiger partial charge in [0, 0.05) is 19.3 Å². The summed E-state index contributed by atoms with van der Waals surface area (Å²) in [6, 6.07) is -0.739. The predicted octanol–water partition coefficient (Wildman–Crippen LogP) is 11.6. The van der Waals surface area contributed by atoms with E-state index >= 15 is 0 Å². The minimum atomic E-state index is -1.14. The number of hydrogen-bond donors (Lipinski definition) is 0. The van der Waals surface area contributed by atoms with Crippen molar-refractivity contribution in [1.82, 2.24) is 0 Å². The SMILES string of the molecule is CC/C=C/C/C=C/C/C=C/C/C=C/C/C=C/C/C=C/CCCCC(=O)OCC(COCCC(C(=O)[O-])[N+](C)(C)C)OC(=O)CCCCC/C=C/CCCCCCCCC. The van der Waals surface area contributed by atoms with Crippen molar-refractivity contribution >= 4 is 17.9 Å². The normalized spacial score (nSPS) is 13.7. The largest absolute Gasteiger partial charge is 0.544 e. The summed E-state index contributed by atoms with van der Waals surface area (Å²) in [6.07, 6.45) is 53.3. The molecule has 0 aromatic carbocycles. The van der Waals surface area contributed by atoms with Crippen LogP contribution in [0.2, 0.25) is 0 Å². The molecule has 8 nitrogen and oxygen atoms in total. The zero-order chi connectivity index (χ0) is 43.5. The number of unbranched alkanes of at least 4 members (excludes halogenated alkanes) is 12. The van der Waals surface area contributed by atoms with Crippen molar-refractivity contribution in [3.63, 3.8) is 0 Å². The number of esters is 2. The van der Waals surface area contributed by atoms with Crippen LogP contribution in [0.4, 0.5) is 0 Å². The second-order valence-corrected chi connectivity index (χ2v) is 16.3. The standard InChI is InChI=1S/C51H85NO7/c1-6-8-10-12-14-16-18-20-22-23-24-25-26-27-28-30-31-33-35-37-39-41-49(53)58-46-47(45-57-44-43-48(51(55)56)52(3,4)5)59-50(54)42-40-38-36-34-32-29-21-19-17-15-13-11-9-7-2/h8,10,14,16,20,22,24-25,27-29,31-33,47-48H,6-7,9,11-13,15,17-19,21,23,26,30,34-46H2,1-5H3/b10-8+,16-14+,22-20+,25-24+,28-27+,32-29+,33-31+. The molecule has 8 heteroatoms. The molecular weight excluding hydrogens is 739 g/mol. The summed E-state index contributed by atoms with van der Waals surface area (Å²) in [5.74, 6) is -1.82. The molecular formula is C51H85NO7. The van der Waals surface area contributed by atoms with Crippen LogP contribution in [0.1, 0.15) is 168 Å². The Balaban J connectivity index is 4.43. The van der Waals surface area contributed by atoms with E-state index in [4.69, 9.17) is 14.2 Å². The maximum Gasteiger partial charge on any atom is 0.306 e. The lowest BCUT2D eigenvalue weighted by atomic mass is 10.1. The molecule has 0 saturated carbocycles. The highest BCUT2D eigenvalue weighted by Crippen LogP contribution is 2.12. The fraction of sp³-hybridized carbons (Fsp3) is 0.667. The van der Waals surface area contributed by atoms with E-state index in [-0.39, 0.29) is 55.5 Å². The molecule has 0 aliphatic heterocycles. The van der Waals surface area contributed by atoms with Gasteiger partial charge in [0.1, 0.15) is 12.6 Å². The second-order valence-electron chi connectivity index (χ2n) is 16.3. The molecule has 0 aliphatic carbocycles. The smallest absolute Gasteiger partial charge is 0.306 e. The Kier molecular flexibility index (Phi) is 38.8. The molecule has 0 fully saturated rings. The summed E-state index contributed by atoms with van der Waals surface area (Å²) in [5.41, 5.74) is 0. The van der Waals surface area contributed by atoms with Gasteiger partial charge in [0.2, 0.25) is 0 Å². The molecule has 336 valence electrons. The van der Waals surface area contributed by atoms with Gasteiger partial charge in [-0.05, 0) is 89.9 Å². The number of allylic oxidation sites excluding steroid dienone is 14. The molecule has 0 radical (unpaired) electrons. The fourth-order valence-corrected chi connectivity index (χ4v) is 6.18. The highest BCUT2D eigenvalue weighted by molar-refractivity contribution is 5.70. The van der Waals surface area contributed by atoms with Crippen LogP contribution < -0.4 is 5.11 Å². The lowest BCUT2D eigenvalue weighted by Crippen LogP contribution is -2.55. The Hall–Kier alpha value is -3.49. The van der Waals surface area contributed by atoms with Crippen LogP contribution in [0.5, 0.6) is 0 Å². The molecule has 0 heterocycles. The number of carbonyl (C=O) groups is 3. The van der Waals surface area contributed by atoms with Gasteiger partial charge in [-0.1, -0.05) is 144 Å². The van der Waals surface area contributed by atoms with Crippen LogP contribution in [-0.2, 0) is 28.6 Å². The highest BCUT2D eigenvalue weighted by Gasteiger charge is 2.25. The molecule has 0 spiro atoms. The third-order valence-electron chi connectivity index (χ3n) is 9.77. The molecule has 0 saturated heterocycles. The van der Waals surface area contributed by atoms with E-state index in [1.807, 2.05) is 0 Å². The first-order valence-corrected chi connectivity index (χ1v) is 23.1. The lowest BCUT2D eigenvalue weighted by Gasteiger charge is -2.34. The Bertz CT molecular complexity index is 1240. The number of quaternary nitrogens is 1. The molecule has 0 amide bonds. The molecule has 0 aromatic rings. The maximum atomic E-state index is 12.7. The molecule has 2 atom stereocenters. The van der Waals surface area contributed by atoms with E-state index in [0.29, 0.717) is 6.42 Å². The van der Waals surface area contributed by atoms with E-state index in [1.54, 1.807) is 21.1 Å². The third kappa shape index (κ3) is 39.7. The topological polar surface area (TPSA) is 102 Å². The minimum Gasteiger partial charge on any atom is -0.544 e. The van der Waals surface area contributed by atoms with E-state index in [1.165, 1.54) is 44.9 Å². The van der Waals surface area contributed by atoms with Gasteiger partial charge in [-0.2, -0.15) is 0 Å². The molecule has 2 unspecified atom stereocenters. The van der Waals surface area contributed by atoms with Gasteiger partial charge in [-0.15, -0.1) is 0 Å². The van der Waals surface area contributed by atoms with Crippen molar-refractivity contribution in [2.24, 2.45) is 0 Å². The average Bonchev–Trinajstić information content (AvgIpc) is 3.19. The number of nitrogens with zero attached hydrogens (tertiary/aromatic N) is 1. The number of rotatable bonds is 40. The Labute approximate surface area is 361 Å². The molecule has 0 rings (SSSR count). The van der Waals surface area contributed by atoms with Gasteiger partial charge in [0.25, 0.3) is 0 Å². The van der Waals surface area contributed by atoms with E-state index in [9.17, 15) is 19.5 Å². The summed E-state index contributed by atoms with van der Waals surface area (Å²) >= 11 is 0. The number of carboxylic acid groups (broad SMARTS) is 1. The van der Waals surface area contributed by atoms with Gasteiger partial charge in [-0.3, -0.25) is 9.59 Å². The van der Waals surface area contributed by atoms with Crippen molar-refractivity contribution in [1.29, 1.82) is 0 Å². The number of carbonyl (C=O) groups excluding carboxylic acids is 3. The summed E-state index contributed by atoms with van der Waals surface area (Å²) in [4.78, 5) is 36.9. The lowest BCUT2D eigenvalue weighted by molar-refractivity contribution is -0.889. The van der Waals surface area contributed by atoms with Crippen molar-refractivity contribution in [3.05, 3.63) is 85.1 Å². The second kappa shape index (κ2) is 41.3. The van der Waals surface area contributed by atoms with Gasteiger partial charge in [0.05, 0.1) is 40.3 Å². The van der Waals surface area contributed by atoms with Crippen molar-refractivity contribution in [2.45, 2.75) is 180 Å². The number of hydrogen-bond acceptors (Lipinski definition) is 7. The van der Waals surface area contributed by atoms with Gasteiger partial charge in [-0.25, -0.2) is 0 Å².